The van der Waals surface area contributed by atoms with Gasteiger partial charge in [-0.3, -0.25) is 4.79 Å². The summed E-state index contributed by atoms with van der Waals surface area (Å²) in [7, 11) is -3.61. The molecule has 0 aromatic heterocycles. The minimum Gasteiger partial charge on any atom is -0.355 e. The van der Waals surface area contributed by atoms with Gasteiger partial charge in [0.1, 0.15) is 4.90 Å². The number of amidine groups is 1. The van der Waals surface area contributed by atoms with Gasteiger partial charge in [-0.2, -0.15) is 8.42 Å². The lowest BCUT2D eigenvalue weighted by Crippen LogP contribution is -2.41. The fourth-order valence-electron chi connectivity index (χ4n) is 3.78. The molecule has 2 aliphatic rings. The number of nitrogens with one attached hydrogen (secondary N) is 1. The maximum absolute atomic E-state index is 12.6. The molecule has 0 saturated carbocycles. The molecule has 2 heterocycles. The monoisotopic (exact) mass is 397 g/mol. The van der Waals surface area contributed by atoms with Crippen molar-refractivity contribution in [1.82, 2.24) is 4.90 Å². The highest BCUT2D eigenvalue weighted by molar-refractivity contribution is 7.90. The zero-order chi connectivity index (χ0) is 19.7. The van der Waals surface area contributed by atoms with E-state index in [0.717, 1.165) is 12.1 Å². The van der Waals surface area contributed by atoms with E-state index < -0.39 is 10.0 Å². The van der Waals surface area contributed by atoms with Gasteiger partial charge in [-0.25, -0.2) is 0 Å². The molecule has 2 aromatic rings. The van der Waals surface area contributed by atoms with Crippen molar-refractivity contribution in [2.24, 2.45) is 10.3 Å². The van der Waals surface area contributed by atoms with Crippen molar-refractivity contribution in [3.63, 3.8) is 0 Å². The summed E-state index contributed by atoms with van der Waals surface area (Å²) in [5.41, 5.74) is 2.67. The highest BCUT2D eigenvalue weighted by atomic mass is 32.2. The number of benzene rings is 2. The number of hydrogen-bond acceptors (Lipinski definition) is 4. The summed E-state index contributed by atoms with van der Waals surface area (Å²) in [6.07, 6.45) is 2.26. The number of hydrogen-bond donors (Lipinski definition) is 1. The van der Waals surface area contributed by atoms with Crippen LogP contribution in [0.3, 0.4) is 0 Å². The maximum Gasteiger partial charge on any atom is 0.285 e. The summed E-state index contributed by atoms with van der Waals surface area (Å²) >= 11 is 0. The molecule has 7 heteroatoms. The summed E-state index contributed by atoms with van der Waals surface area (Å²) in [5.74, 6) is 0.440. The minimum atomic E-state index is -3.61. The molecule has 0 radical (unpaired) electrons. The van der Waals surface area contributed by atoms with Crippen molar-refractivity contribution in [2.45, 2.75) is 31.1 Å². The smallest absolute Gasteiger partial charge is 0.285 e. The molecule has 2 aromatic carbocycles. The molecule has 146 valence electrons. The van der Waals surface area contributed by atoms with Gasteiger partial charge in [0.25, 0.3) is 10.0 Å². The maximum atomic E-state index is 12.6. The molecule has 1 N–H and O–H groups in total. The average Bonchev–Trinajstić information content (AvgIpc) is 2.99. The van der Waals surface area contributed by atoms with Gasteiger partial charge in [-0.15, -0.1) is 4.40 Å². The molecule has 0 bridgehead atoms. The number of aryl methyl sites for hydroxylation is 1. The van der Waals surface area contributed by atoms with E-state index >= 15 is 0 Å². The van der Waals surface area contributed by atoms with Crippen molar-refractivity contribution >= 4 is 27.5 Å². The molecule has 6 nitrogen and oxygen atoms in total. The SMILES string of the molecule is CCc1cccc(NC(=O)C2CCN(C3=NS(=O)(=O)c4ccccc43)CC2)c1. The van der Waals surface area contributed by atoms with Crippen LogP contribution in [0.4, 0.5) is 5.69 Å². The number of fused-ring (bicyclic) bond motifs is 1. The molecule has 4 rings (SSSR count). The van der Waals surface area contributed by atoms with Gasteiger partial charge in [0.15, 0.2) is 5.84 Å². The normalized spacial score (nSPS) is 18.5. The molecule has 0 unspecified atom stereocenters. The molecule has 1 saturated heterocycles. The highest BCUT2D eigenvalue weighted by Crippen LogP contribution is 2.30. The number of likely N-dealkylation sites (tertiary alicyclic amines) is 1. The molecular formula is C21H23N3O3S. The third kappa shape index (κ3) is 3.54. The first-order valence-electron chi connectivity index (χ1n) is 9.57. The van der Waals surface area contributed by atoms with Gasteiger partial charge in [0.05, 0.1) is 0 Å². The third-order valence-corrected chi connectivity index (χ3v) is 6.71. The van der Waals surface area contributed by atoms with Crippen LogP contribution in [0.2, 0.25) is 0 Å². The van der Waals surface area contributed by atoms with Crippen molar-refractivity contribution in [3.05, 3.63) is 59.7 Å². The molecule has 1 amide bonds. The van der Waals surface area contributed by atoms with Crippen molar-refractivity contribution < 1.29 is 13.2 Å². The topological polar surface area (TPSA) is 78.8 Å². The van der Waals surface area contributed by atoms with Crippen LogP contribution >= 0.6 is 0 Å². The standard InChI is InChI=1S/C21H23N3O3S/c1-2-15-6-5-7-17(14-15)22-21(25)16-10-12-24(13-11-16)20-18-8-3-4-9-19(18)28(26,27)23-20/h3-9,14,16H,2,10-13H2,1H3,(H,22,25). The van der Waals surface area contributed by atoms with E-state index in [1.807, 2.05) is 35.2 Å². The summed E-state index contributed by atoms with van der Waals surface area (Å²) in [6, 6.07) is 14.8. The van der Waals surface area contributed by atoms with Crippen molar-refractivity contribution in [2.75, 3.05) is 18.4 Å². The molecule has 28 heavy (non-hydrogen) atoms. The van der Waals surface area contributed by atoms with Crippen LogP contribution in [-0.4, -0.2) is 38.2 Å². The van der Waals surface area contributed by atoms with Crippen LogP contribution in [0.25, 0.3) is 0 Å². The van der Waals surface area contributed by atoms with Gasteiger partial charge in [0, 0.05) is 30.3 Å². The van der Waals surface area contributed by atoms with E-state index in [4.69, 9.17) is 0 Å². The first-order chi connectivity index (χ1) is 13.5. The lowest BCUT2D eigenvalue weighted by atomic mass is 9.95. The van der Waals surface area contributed by atoms with Crippen LogP contribution in [0.1, 0.15) is 30.9 Å². The highest BCUT2D eigenvalue weighted by Gasteiger charge is 2.34. The number of amides is 1. The number of sulfonamides is 1. The largest absolute Gasteiger partial charge is 0.355 e. The number of anilines is 1. The molecule has 2 aliphatic heterocycles. The molecule has 0 aliphatic carbocycles. The third-order valence-electron chi connectivity index (χ3n) is 5.38. The predicted molar refractivity (Wildman–Crippen MR) is 109 cm³/mol. The number of nitrogens with zero attached hydrogens (tertiary/aromatic N) is 2. The Bertz CT molecular complexity index is 1040. The zero-order valence-corrected chi connectivity index (χ0v) is 16.6. The predicted octanol–water partition coefficient (Wildman–Crippen LogP) is 3.05. The quantitative estimate of drug-likeness (QED) is 0.863. The van der Waals surface area contributed by atoms with Gasteiger partial charge in [0.2, 0.25) is 5.91 Å². The van der Waals surface area contributed by atoms with Crippen LogP contribution in [-0.2, 0) is 21.2 Å². The average molecular weight is 398 g/mol. The lowest BCUT2D eigenvalue weighted by Gasteiger charge is -2.32. The summed E-state index contributed by atoms with van der Waals surface area (Å²) in [6.45, 7) is 3.30. The molecule has 0 atom stereocenters. The van der Waals surface area contributed by atoms with Crippen LogP contribution in [0.15, 0.2) is 57.8 Å². The van der Waals surface area contributed by atoms with Gasteiger partial charge in [-0.1, -0.05) is 31.2 Å². The Labute approximate surface area is 165 Å². The number of carbonyl (C=O) groups excluding carboxylic acids is 1. The van der Waals surface area contributed by atoms with E-state index in [-0.39, 0.29) is 16.7 Å². The zero-order valence-electron chi connectivity index (χ0n) is 15.8. The number of carbonyl (C=O) groups is 1. The first kappa shape index (κ1) is 18.7. The Hall–Kier alpha value is -2.67. The second-order valence-electron chi connectivity index (χ2n) is 7.19. The van der Waals surface area contributed by atoms with E-state index in [1.54, 1.807) is 18.2 Å². The summed E-state index contributed by atoms with van der Waals surface area (Å²) < 4.78 is 28.5. The molecular weight excluding hydrogens is 374 g/mol. The van der Waals surface area contributed by atoms with Gasteiger partial charge in [-0.05, 0) is 49.1 Å². The summed E-state index contributed by atoms with van der Waals surface area (Å²) in [4.78, 5) is 14.9. The first-order valence-corrected chi connectivity index (χ1v) is 11.0. The Morgan fingerprint density at radius 1 is 1.14 bits per heavy atom. The van der Waals surface area contributed by atoms with E-state index in [2.05, 4.69) is 16.6 Å². The Balaban J connectivity index is 1.42. The Kier molecular flexibility index (Phi) is 4.93. The lowest BCUT2D eigenvalue weighted by molar-refractivity contribution is -0.120. The second-order valence-corrected chi connectivity index (χ2v) is 8.76. The second kappa shape index (κ2) is 7.39. The van der Waals surface area contributed by atoms with E-state index in [9.17, 15) is 13.2 Å². The van der Waals surface area contributed by atoms with Crippen molar-refractivity contribution in [1.29, 1.82) is 0 Å². The molecule has 1 fully saturated rings. The van der Waals surface area contributed by atoms with Crippen molar-refractivity contribution in [3.8, 4) is 0 Å². The van der Waals surface area contributed by atoms with Gasteiger partial charge < -0.3 is 10.2 Å². The fraction of sp³-hybridized carbons (Fsp3) is 0.333. The van der Waals surface area contributed by atoms with Crippen LogP contribution in [0, 0.1) is 5.92 Å². The van der Waals surface area contributed by atoms with E-state index in [0.29, 0.717) is 37.3 Å². The Morgan fingerprint density at radius 2 is 1.89 bits per heavy atom. The number of rotatable bonds is 3. The Morgan fingerprint density at radius 3 is 2.64 bits per heavy atom. The molecule has 0 spiro atoms. The van der Waals surface area contributed by atoms with Gasteiger partial charge >= 0.3 is 0 Å². The van der Waals surface area contributed by atoms with E-state index in [1.165, 1.54) is 5.56 Å². The van der Waals surface area contributed by atoms with Crippen LogP contribution in [0.5, 0.6) is 0 Å². The fourth-order valence-corrected chi connectivity index (χ4v) is 5.01. The van der Waals surface area contributed by atoms with Crippen LogP contribution < -0.4 is 5.32 Å². The number of piperidine rings is 1. The summed E-state index contributed by atoms with van der Waals surface area (Å²) in [5, 5.41) is 3.02. The minimum absolute atomic E-state index is 0.0225.